The lowest BCUT2D eigenvalue weighted by Gasteiger charge is -2.21. The monoisotopic (exact) mass is 388 g/mol. The van der Waals surface area contributed by atoms with Crippen molar-refractivity contribution in [2.24, 2.45) is 18.7 Å². The Morgan fingerprint density at radius 1 is 1.40 bits per heavy atom. The molecule has 25 heavy (non-hydrogen) atoms. The van der Waals surface area contributed by atoms with E-state index in [4.69, 9.17) is 5.73 Å². The molecule has 0 radical (unpaired) electrons. The number of hydrogen-bond acceptors (Lipinski definition) is 3. The van der Waals surface area contributed by atoms with Crippen molar-refractivity contribution in [3.05, 3.63) is 53.9 Å². The summed E-state index contributed by atoms with van der Waals surface area (Å²) >= 11 is 0. The molecule has 0 spiro atoms. The van der Waals surface area contributed by atoms with E-state index in [1.54, 1.807) is 24.5 Å². The minimum absolute atomic E-state index is 0. The number of aryl methyl sites for hydroxylation is 1. The number of rotatable bonds is 4. The van der Waals surface area contributed by atoms with Gasteiger partial charge >= 0.3 is 0 Å². The number of nitrogens with zero attached hydrogens (tertiary/aromatic N) is 2. The molecule has 0 saturated heterocycles. The molecule has 1 heterocycles. The van der Waals surface area contributed by atoms with E-state index in [0.29, 0.717) is 17.8 Å². The Morgan fingerprint density at radius 2 is 2.16 bits per heavy atom. The lowest BCUT2D eigenvalue weighted by molar-refractivity contribution is -0.125. The lowest BCUT2D eigenvalue weighted by Crippen LogP contribution is -2.35. The van der Waals surface area contributed by atoms with Crippen LogP contribution in [0.4, 0.5) is 4.39 Å². The van der Waals surface area contributed by atoms with E-state index in [1.807, 2.05) is 11.6 Å². The Hall–Kier alpha value is -1.63. The fraction of sp³-hybridized carbons (Fsp3) is 0.412. The van der Waals surface area contributed by atoms with Gasteiger partial charge in [-0.05, 0) is 37.0 Å². The molecule has 1 aromatic heterocycles. The molecule has 0 aliphatic heterocycles. The Labute approximate surface area is 159 Å². The number of halogens is 3. The lowest BCUT2D eigenvalue weighted by atomic mass is 10.0. The summed E-state index contributed by atoms with van der Waals surface area (Å²) in [5.74, 6) is 0.210. The third-order valence-corrected chi connectivity index (χ3v) is 4.43. The Kier molecular flexibility index (Phi) is 7.86. The molecule has 1 aromatic carbocycles. The first kappa shape index (κ1) is 21.4. The largest absolute Gasteiger partial charge is 0.342 e. The number of aromatic nitrogens is 2. The molecule has 3 atom stereocenters. The van der Waals surface area contributed by atoms with Gasteiger partial charge in [-0.15, -0.1) is 24.8 Å². The van der Waals surface area contributed by atoms with Crippen LogP contribution in [-0.4, -0.2) is 21.5 Å². The first-order valence-electron chi connectivity index (χ1n) is 7.83. The van der Waals surface area contributed by atoms with E-state index in [-0.39, 0.29) is 48.5 Å². The van der Waals surface area contributed by atoms with Crippen LogP contribution >= 0.6 is 24.8 Å². The predicted molar refractivity (Wildman–Crippen MR) is 99.4 cm³/mol. The first-order valence-corrected chi connectivity index (χ1v) is 7.83. The SMILES string of the molecule is Cl.Cl.Cn1ccnc1C(NC(=O)C1CCC(N)C1)c1cccc(F)c1. The van der Waals surface area contributed by atoms with Crippen LogP contribution in [0.5, 0.6) is 0 Å². The maximum absolute atomic E-state index is 13.6. The van der Waals surface area contributed by atoms with Crippen molar-refractivity contribution in [3.8, 4) is 0 Å². The molecule has 1 fully saturated rings. The number of carbonyl (C=O) groups excluding carboxylic acids is 1. The Bertz CT molecular complexity index is 709. The topological polar surface area (TPSA) is 72.9 Å². The van der Waals surface area contributed by atoms with Crippen LogP contribution in [0.15, 0.2) is 36.7 Å². The second kappa shape index (κ2) is 9.17. The van der Waals surface area contributed by atoms with Crippen LogP contribution in [0, 0.1) is 11.7 Å². The van der Waals surface area contributed by atoms with Crippen molar-refractivity contribution in [1.29, 1.82) is 0 Å². The molecule has 5 nitrogen and oxygen atoms in total. The Balaban J connectivity index is 0.00000156. The fourth-order valence-corrected chi connectivity index (χ4v) is 3.15. The zero-order chi connectivity index (χ0) is 16.4. The van der Waals surface area contributed by atoms with Crippen LogP contribution < -0.4 is 11.1 Å². The van der Waals surface area contributed by atoms with Gasteiger partial charge in [-0.25, -0.2) is 9.37 Å². The van der Waals surface area contributed by atoms with Gasteiger partial charge in [0.2, 0.25) is 5.91 Å². The van der Waals surface area contributed by atoms with Crippen molar-refractivity contribution in [2.45, 2.75) is 31.3 Å². The molecule has 2 aromatic rings. The second-order valence-corrected chi connectivity index (χ2v) is 6.16. The summed E-state index contributed by atoms with van der Waals surface area (Å²) < 4.78 is 15.4. The van der Waals surface area contributed by atoms with E-state index in [2.05, 4.69) is 10.3 Å². The van der Waals surface area contributed by atoms with Crippen LogP contribution in [-0.2, 0) is 11.8 Å². The van der Waals surface area contributed by atoms with Gasteiger partial charge in [-0.2, -0.15) is 0 Å². The Morgan fingerprint density at radius 3 is 2.72 bits per heavy atom. The number of imidazole rings is 1. The van der Waals surface area contributed by atoms with Gasteiger partial charge in [-0.3, -0.25) is 4.79 Å². The molecule has 3 unspecified atom stereocenters. The van der Waals surface area contributed by atoms with Gasteiger partial charge in [0.1, 0.15) is 17.7 Å². The quantitative estimate of drug-likeness (QED) is 0.845. The van der Waals surface area contributed by atoms with Gasteiger partial charge < -0.3 is 15.6 Å². The third-order valence-electron chi connectivity index (χ3n) is 4.43. The van der Waals surface area contributed by atoms with E-state index < -0.39 is 6.04 Å². The van der Waals surface area contributed by atoms with Crippen molar-refractivity contribution in [1.82, 2.24) is 14.9 Å². The summed E-state index contributed by atoms with van der Waals surface area (Å²) in [5, 5.41) is 3.02. The van der Waals surface area contributed by atoms with Crippen molar-refractivity contribution in [2.75, 3.05) is 0 Å². The number of carbonyl (C=O) groups is 1. The molecule has 1 amide bonds. The molecule has 1 aliphatic rings. The second-order valence-electron chi connectivity index (χ2n) is 6.16. The number of benzene rings is 1. The van der Waals surface area contributed by atoms with Gasteiger partial charge in [0, 0.05) is 31.4 Å². The van der Waals surface area contributed by atoms with Crippen LogP contribution in [0.3, 0.4) is 0 Å². The summed E-state index contributed by atoms with van der Waals surface area (Å²) in [6.07, 6.45) is 5.83. The number of nitrogens with one attached hydrogen (secondary N) is 1. The molecular weight excluding hydrogens is 366 g/mol. The van der Waals surface area contributed by atoms with E-state index in [9.17, 15) is 9.18 Å². The van der Waals surface area contributed by atoms with Crippen LogP contribution in [0.25, 0.3) is 0 Å². The van der Waals surface area contributed by atoms with Crippen molar-refractivity contribution >= 4 is 30.7 Å². The molecule has 8 heteroatoms. The molecule has 3 N–H and O–H groups in total. The average Bonchev–Trinajstić information content (AvgIpc) is 3.13. The highest BCUT2D eigenvalue weighted by Crippen LogP contribution is 2.27. The van der Waals surface area contributed by atoms with Gasteiger partial charge in [0.05, 0.1) is 0 Å². The van der Waals surface area contributed by atoms with Gasteiger partial charge in [0.15, 0.2) is 0 Å². The van der Waals surface area contributed by atoms with E-state index in [1.165, 1.54) is 12.1 Å². The third kappa shape index (κ3) is 4.93. The highest BCUT2D eigenvalue weighted by atomic mass is 35.5. The number of nitrogens with two attached hydrogens (primary N) is 1. The van der Waals surface area contributed by atoms with Crippen LogP contribution in [0.2, 0.25) is 0 Å². The van der Waals surface area contributed by atoms with E-state index in [0.717, 1.165) is 12.8 Å². The summed E-state index contributed by atoms with van der Waals surface area (Å²) in [6, 6.07) is 5.86. The molecule has 1 saturated carbocycles. The standard InChI is InChI=1S/C17H21FN4O.2ClH/c1-22-8-7-20-16(22)15(11-3-2-4-13(18)9-11)21-17(23)12-5-6-14(19)10-12;;/h2-4,7-9,12,14-15H,5-6,10,19H2,1H3,(H,21,23);2*1H. The molecule has 138 valence electrons. The summed E-state index contributed by atoms with van der Waals surface area (Å²) in [7, 11) is 1.85. The predicted octanol–water partition coefficient (Wildman–Crippen LogP) is 2.74. The molecular formula is C17H23Cl2FN4O. The van der Waals surface area contributed by atoms with Crippen molar-refractivity contribution < 1.29 is 9.18 Å². The summed E-state index contributed by atoms with van der Waals surface area (Å²) in [4.78, 5) is 16.9. The molecule has 0 bridgehead atoms. The maximum Gasteiger partial charge on any atom is 0.224 e. The smallest absolute Gasteiger partial charge is 0.224 e. The molecule has 1 aliphatic carbocycles. The van der Waals surface area contributed by atoms with Gasteiger partial charge in [-0.1, -0.05) is 12.1 Å². The van der Waals surface area contributed by atoms with Gasteiger partial charge in [0.25, 0.3) is 0 Å². The summed E-state index contributed by atoms with van der Waals surface area (Å²) in [6.45, 7) is 0. The summed E-state index contributed by atoms with van der Waals surface area (Å²) in [5.41, 5.74) is 6.57. The average molecular weight is 389 g/mol. The van der Waals surface area contributed by atoms with Crippen LogP contribution in [0.1, 0.15) is 36.7 Å². The zero-order valence-electron chi connectivity index (χ0n) is 13.9. The fourth-order valence-electron chi connectivity index (χ4n) is 3.15. The minimum atomic E-state index is -0.477. The first-order chi connectivity index (χ1) is 11.0. The maximum atomic E-state index is 13.6. The minimum Gasteiger partial charge on any atom is -0.342 e. The van der Waals surface area contributed by atoms with E-state index >= 15 is 0 Å². The normalized spacial score (nSPS) is 20.3. The highest BCUT2D eigenvalue weighted by Gasteiger charge is 2.30. The number of amides is 1. The highest BCUT2D eigenvalue weighted by molar-refractivity contribution is 5.85. The van der Waals surface area contributed by atoms with Crippen molar-refractivity contribution in [3.63, 3.8) is 0 Å². The number of hydrogen-bond donors (Lipinski definition) is 2. The zero-order valence-corrected chi connectivity index (χ0v) is 15.5. The molecule has 3 rings (SSSR count).